The van der Waals surface area contributed by atoms with E-state index in [0.717, 1.165) is 41.7 Å². The highest BCUT2D eigenvalue weighted by Crippen LogP contribution is 2.47. The highest BCUT2D eigenvalue weighted by molar-refractivity contribution is 7.16. The second-order valence-electron chi connectivity index (χ2n) is 9.55. The van der Waals surface area contributed by atoms with Crippen LogP contribution < -0.4 is 10.2 Å². The third-order valence-corrected chi connectivity index (χ3v) is 8.06. The number of aromatic nitrogens is 1. The van der Waals surface area contributed by atoms with Gasteiger partial charge in [-0.15, -0.1) is 11.3 Å². The van der Waals surface area contributed by atoms with Gasteiger partial charge in [0.15, 0.2) is 5.75 Å². The van der Waals surface area contributed by atoms with Gasteiger partial charge in [-0.3, -0.25) is 4.79 Å². The fourth-order valence-electron chi connectivity index (χ4n) is 4.86. The number of benzene rings is 1. The fraction of sp³-hybridized carbons (Fsp3) is 0.423. The molecule has 2 aliphatic rings. The highest BCUT2D eigenvalue weighted by Gasteiger charge is 2.35. The number of carbonyl (C=O) groups is 1. The third kappa shape index (κ3) is 3.52. The van der Waals surface area contributed by atoms with Crippen molar-refractivity contribution in [3.63, 3.8) is 0 Å². The smallest absolute Gasteiger partial charge is 0.343 e. The van der Waals surface area contributed by atoms with Crippen LogP contribution in [0, 0.1) is 5.41 Å². The Balaban J connectivity index is 1.73. The van der Waals surface area contributed by atoms with Crippen LogP contribution >= 0.6 is 11.3 Å². The number of hydrogen-bond donors (Lipinski definition) is 1. The lowest BCUT2D eigenvalue weighted by Gasteiger charge is -2.29. The summed E-state index contributed by atoms with van der Waals surface area (Å²) >= 11 is 1.66. The molecule has 8 heteroatoms. The van der Waals surface area contributed by atoms with Crippen molar-refractivity contribution in [3.8, 4) is 16.2 Å². The zero-order chi connectivity index (χ0) is 24.2. The third-order valence-electron chi connectivity index (χ3n) is 6.83. The van der Waals surface area contributed by atoms with Gasteiger partial charge in [0.1, 0.15) is 5.56 Å². The summed E-state index contributed by atoms with van der Waals surface area (Å²) in [7, 11) is 1.61. The van der Waals surface area contributed by atoms with E-state index in [0.29, 0.717) is 22.4 Å². The van der Waals surface area contributed by atoms with Crippen molar-refractivity contribution in [2.75, 3.05) is 13.7 Å². The average Bonchev–Trinajstić information content (AvgIpc) is 3.57. The highest BCUT2D eigenvalue weighted by atomic mass is 32.1. The quantitative estimate of drug-likeness (QED) is 0.300. The largest absolute Gasteiger partial charge is 0.494 e. The molecule has 5 rings (SSSR count). The molecule has 0 amide bonds. The van der Waals surface area contributed by atoms with Gasteiger partial charge in [-0.2, -0.15) is 0 Å². The number of pyridine rings is 1. The maximum absolute atomic E-state index is 13.3. The van der Waals surface area contributed by atoms with Crippen LogP contribution in [0.2, 0.25) is 0 Å². The van der Waals surface area contributed by atoms with Crippen LogP contribution in [0.25, 0.3) is 21.3 Å². The van der Waals surface area contributed by atoms with E-state index in [2.05, 4.69) is 25.1 Å². The number of esters is 1. The van der Waals surface area contributed by atoms with Crippen LogP contribution in [0.15, 0.2) is 34.3 Å². The van der Waals surface area contributed by atoms with E-state index >= 15 is 0 Å². The predicted molar refractivity (Wildman–Crippen MR) is 133 cm³/mol. The van der Waals surface area contributed by atoms with E-state index in [1.165, 1.54) is 4.88 Å². The van der Waals surface area contributed by atoms with Crippen molar-refractivity contribution < 1.29 is 19.5 Å². The van der Waals surface area contributed by atoms with Gasteiger partial charge in [-0.1, -0.05) is 19.0 Å². The Morgan fingerprint density at radius 2 is 2.06 bits per heavy atom. The summed E-state index contributed by atoms with van der Waals surface area (Å²) in [6, 6.07) is 5.94. The number of oxime groups is 1. The number of methoxy groups -OCH3 is 1. The minimum Gasteiger partial charge on any atom is -0.494 e. The summed E-state index contributed by atoms with van der Waals surface area (Å²) < 4.78 is 13.0. The summed E-state index contributed by atoms with van der Waals surface area (Å²) in [5.74, 6) is 0.00784. The molecule has 0 aliphatic heterocycles. The molecule has 1 aromatic carbocycles. The Bertz CT molecular complexity index is 1390. The average molecular weight is 481 g/mol. The minimum absolute atomic E-state index is 0.0497. The van der Waals surface area contributed by atoms with Gasteiger partial charge in [-0.25, -0.2) is 4.79 Å². The van der Waals surface area contributed by atoms with Crippen LogP contribution in [0.1, 0.15) is 66.9 Å². The van der Waals surface area contributed by atoms with Crippen molar-refractivity contribution in [2.45, 2.75) is 52.5 Å². The second kappa shape index (κ2) is 8.27. The topological polar surface area (TPSA) is 90.1 Å². The van der Waals surface area contributed by atoms with Gasteiger partial charge in [-0.05, 0) is 50.8 Å². The molecule has 0 spiro atoms. The van der Waals surface area contributed by atoms with E-state index in [1.54, 1.807) is 37.6 Å². The molecule has 1 fully saturated rings. The van der Waals surface area contributed by atoms with Crippen LogP contribution in [-0.4, -0.2) is 35.2 Å². The summed E-state index contributed by atoms with van der Waals surface area (Å²) in [6.45, 7) is 6.12. The Labute approximate surface area is 201 Å². The number of nitrogens with zero attached hydrogens (tertiary/aromatic N) is 2. The Hall–Kier alpha value is -3.13. The van der Waals surface area contributed by atoms with Crippen LogP contribution in [0.5, 0.6) is 5.75 Å². The molecule has 0 saturated heterocycles. The molecule has 2 aromatic heterocycles. The molecule has 0 bridgehead atoms. The van der Waals surface area contributed by atoms with E-state index in [-0.39, 0.29) is 29.1 Å². The number of fused-ring (bicyclic) bond motifs is 2. The molecule has 0 unspecified atom stereocenters. The summed E-state index contributed by atoms with van der Waals surface area (Å²) in [5.41, 5.74) is 2.74. The maximum atomic E-state index is 13.3. The SMILES string of the molecule is CCOC(=O)c1cn(C2CC2)c2c(OC)c(-c3cc4c(s3)CCC(C)(C)/C4=N\O)ccc2c1=O. The molecule has 1 N–H and O–H groups in total. The molecule has 2 heterocycles. The zero-order valence-corrected chi connectivity index (χ0v) is 20.6. The lowest BCUT2D eigenvalue weighted by Crippen LogP contribution is -2.30. The molecule has 0 radical (unpaired) electrons. The number of ether oxygens (including phenoxy) is 2. The van der Waals surface area contributed by atoms with E-state index < -0.39 is 5.97 Å². The first-order valence-electron chi connectivity index (χ1n) is 11.6. The molecule has 7 nitrogen and oxygen atoms in total. The molecular formula is C26H28N2O5S. The molecule has 3 aromatic rings. The van der Waals surface area contributed by atoms with Gasteiger partial charge in [0, 0.05) is 38.5 Å². The monoisotopic (exact) mass is 480 g/mol. The Morgan fingerprint density at radius 1 is 1.29 bits per heavy atom. The van der Waals surface area contributed by atoms with Crippen LogP contribution in [0.4, 0.5) is 0 Å². The van der Waals surface area contributed by atoms with Crippen LogP contribution in [-0.2, 0) is 11.2 Å². The number of aryl methyl sites for hydroxylation is 1. The number of carbonyl (C=O) groups excluding carboxylic acids is 1. The molecule has 178 valence electrons. The molecule has 1 saturated carbocycles. The second-order valence-corrected chi connectivity index (χ2v) is 10.7. The lowest BCUT2D eigenvalue weighted by molar-refractivity contribution is 0.0524. The van der Waals surface area contributed by atoms with E-state index in [1.807, 2.05) is 10.6 Å². The van der Waals surface area contributed by atoms with Gasteiger partial charge < -0.3 is 19.2 Å². The van der Waals surface area contributed by atoms with Gasteiger partial charge in [0.05, 0.1) is 30.3 Å². The number of rotatable bonds is 5. The van der Waals surface area contributed by atoms with Crippen molar-refractivity contribution in [2.24, 2.45) is 10.6 Å². The summed E-state index contributed by atoms with van der Waals surface area (Å²) in [4.78, 5) is 27.9. The summed E-state index contributed by atoms with van der Waals surface area (Å²) in [5, 5.41) is 13.8. The molecular weight excluding hydrogens is 452 g/mol. The first-order valence-corrected chi connectivity index (χ1v) is 12.4. The van der Waals surface area contributed by atoms with Crippen molar-refractivity contribution in [3.05, 3.63) is 50.6 Å². The van der Waals surface area contributed by atoms with E-state index in [4.69, 9.17) is 9.47 Å². The molecule has 34 heavy (non-hydrogen) atoms. The first-order chi connectivity index (χ1) is 16.3. The standard InChI is InChI=1S/C26H28N2O5S/c1-5-33-25(30)18-13-28(14-6-7-14)21-16(22(18)29)9-8-15(23(21)32-4)20-12-17-19(34-20)10-11-26(2,3)24(17)27-31/h8-9,12-14,31H,5-7,10-11H2,1-4H3/b27-24-. The van der Waals surface area contributed by atoms with Crippen LogP contribution in [0.3, 0.4) is 0 Å². The first kappa shape index (κ1) is 22.7. The molecule has 0 atom stereocenters. The maximum Gasteiger partial charge on any atom is 0.343 e. The van der Waals surface area contributed by atoms with Gasteiger partial charge in [0.2, 0.25) is 5.43 Å². The Morgan fingerprint density at radius 3 is 2.71 bits per heavy atom. The van der Waals surface area contributed by atoms with E-state index in [9.17, 15) is 14.8 Å². The number of thiophene rings is 1. The van der Waals surface area contributed by atoms with Crippen molar-refractivity contribution in [1.82, 2.24) is 4.57 Å². The van der Waals surface area contributed by atoms with Crippen molar-refractivity contribution >= 4 is 33.9 Å². The lowest BCUT2D eigenvalue weighted by atomic mass is 9.75. The zero-order valence-electron chi connectivity index (χ0n) is 19.8. The van der Waals surface area contributed by atoms with Gasteiger partial charge in [0.25, 0.3) is 0 Å². The predicted octanol–water partition coefficient (Wildman–Crippen LogP) is 5.40. The van der Waals surface area contributed by atoms with Crippen molar-refractivity contribution in [1.29, 1.82) is 0 Å². The Kier molecular flexibility index (Phi) is 5.51. The number of hydrogen-bond acceptors (Lipinski definition) is 7. The normalized spacial score (nSPS) is 18.2. The van der Waals surface area contributed by atoms with Gasteiger partial charge >= 0.3 is 5.97 Å². The minimum atomic E-state index is -0.601. The fourth-order valence-corrected chi connectivity index (χ4v) is 6.04. The summed E-state index contributed by atoms with van der Waals surface area (Å²) in [6.07, 6.45) is 5.41. The molecule has 2 aliphatic carbocycles.